The van der Waals surface area contributed by atoms with Gasteiger partial charge < -0.3 is 5.73 Å². The predicted molar refractivity (Wildman–Crippen MR) is 66.4 cm³/mol. The molecule has 0 saturated carbocycles. The van der Waals surface area contributed by atoms with E-state index in [2.05, 4.69) is 0 Å². The highest BCUT2D eigenvalue weighted by Crippen LogP contribution is 2.33. The summed E-state index contributed by atoms with van der Waals surface area (Å²) in [5.41, 5.74) is 7.51. The minimum atomic E-state index is -0.594. The van der Waals surface area contributed by atoms with Gasteiger partial charge in [-0.25, -0.2) is 0 Å². The molecule has 0 aromatic heterocycles. The summed E-state index contributed by atoms with van der Waals surface area (Å²) in [5.74, 6) is -0.819. The molecule has 0 radical (unpaired) electrons. The lowest BCUT2D eigenvalue weighted by Crippen LogP contribution is -2.37. The number of nitrogens with zero attached hydrogens (tertiary/aromatic N) is 1. The molecule has 4 nitrogen and oxygen atoms in total. The van der Waals surface area contributed by atoms with E-state index in [1.807, 2.05) is 24.3 Å². The predicted octanol–water partition coefficient (Wildman–Crippen LogP) is 1.58. The van der Waals surface area contributed by atoms with Gasteiger partial charge in [0.25, 0.3) is 5.91 Å². The van der Waals surface area contributed by atoms with Gasteiger partial charge in [-0.2, -0.15) is 0 Å². The molecule has 2 N–H and O–H groups in total. The summed E-state index contributed by atoms with van der Waals surface area (Å²) in [5, 5.41) is 0. The maximum Gasteiger partial charge on any atom is 0.263 e. The van der Waals surface area contributed by atoms with Gasteiger partial charge in [0, 0.05) is 0 Å². The Morgan fingerprint density at radius 2 is 1.78 bits per heavy atom. The van der Waals surface area contributed by atoms with Crippen LogP contribution < -0.4 is 5.73 Å². The molecule has 2 aliphatic rings. The highest BCUT2D eigenvalue weighted by molar-refractivity contribution is 6.08. The zero-order valence-corrected chi connectivity index (χ0v) is 9.46. The lowest BCUT2D eigenvalue weighted by Gasteiger charge is -2.35. The number of primary amides is 1. The van der Waals surface area contributed by atoms with Crippen molar-refractivity contribution in [1.29, 1.82) is 0 Å². The van der Waals surface area contributed by atoms with Gasteiger partial charge in [0.05, 0.1) is 22.5 Å². The normalized spacial score (nSPS) is 15.7. The molecule has 0 aliphatic carbocycles. The average Bonchev–Trinajstić information content (AvgIpc) is 2.39. The second-order valence-electron chi connectivity index (χ2n) is 4.07. The highest BCUT2D eigenvalue weighted by atomic mass is 16.2. The summed E-state index contributed by atoms with van der Waals surface area (Å²) >= 11 is 0. The standard InChI is InChI=1S/C14H10N2O2/c15-13(17)11-6-1-2-7-12(11)14(18)16-9-4-3-5-10(16)8-9/h1-8H,(H2,15,17). The summed E-state index contributed by atoms with van der Waals surface area (Å²) < 4.78 is 0. The van der Waals surface area contributed by atoms with Crippen molar-refractivity contribution in [3.63, 3.8) is 0 Å². The summed E-state index contributed by atoms with van der Waals surface area (Å²) in [4.78, 5) is 25.2. The fourth-order valence-electron chi connectivity index (χ4n) is 2.09. The van der Waals surface area contributed by atoms with Crippen LogP contribution in [0.1, 0.15) is 20.7 Å². The molecule has 1 aromatic rings. The minimum absolute atomic E-state index is 0.225. The van der Waals surface area contributed by atoms with Crippen LogP contribution in [0.3, 0.4) is 0 Å². The van der Waals surface area contributed by atoms with Crippen LogP contribution in [-0.2, 0) is 0 Å². The fourth-order valence-corrected chi connectivity index (χ4v) is 2.09. The van der Waals surface area contributed by atoms with Crippen LogP contribution in [0.5, 0.6) is 0 Å². The first-order valence-corrected chi connectivity index (χ1v) is 5.52. The number of rotatable bonds is 2. The molecule has 3 rings (SSSR count). The zero-order chi connectivity index (χ0) is 12.7. The van der Waals surface area contributed by atoms with Crippen LogP contribution in [0, 0.1) is 0 Å². The van der Waals surface area contributed by atoms with E-state index in [1.54, 1.807) is 29.2 Å². The SMILES string of the molecule is NC(=O)c1ccccc1C(=O)N1c2cccc1c2. The molecule has 88 valence electrons. The van der Waals surface area contributed by atoms with E-state index in [0.29, 0.717) is 5.56 Å². The van der Waals surface area contributed by atoms with E-state index in [9.17, 15) is 9.59 Å². The molecule has 0 unspecified atom stereocenters. The third-order valence-corrected chi connectivity index (χ3v) is 2.97. The second-order valence-corrected chi connectivity index (χ2v) is 4.07. The first-order valence-electron chi connectivity index (χ1n) is 5.52. The first-order chi connectivity index (χ1) is 8.68. The Bertz CT molecular complexity index is 642. The van der Waals surface area contributed by atoms with Crippen LogP contribution >= 0.6 is 0 Å². The van der Waals surface area contributed by atoms with E-state index >= 15 is 0 Å². The minimum Gasteiger partial charge on any atom is -0.366 e. The Morgan fingerprint density at radius 1 is 1.06 bits per heavy atom. The molecule has 4 heteroatoms. The van der Waals surface area contributed by atoms with Crippen LogP contribution in [0.4, 0.5) is 0 Å². The van der Waals surface area contributed by atoms with E-state index in [1.165, 1.54) is 0 Å². The number of carbonyl (C=O) groups excluding carboxylic acids is 2. The second kappa shape index (κ2) is 3.70. The quantitative estimate of drug-likeness (QED) is 0.850. The molecule has 0 atom stereocenters. The van der Waals surface area contributed by atoms with Gasteiger partial charge in [0.2, 0.25) is 5.91 Å². The largest absolute Gasteiger partial charge is 0.366 e. The number of amides is 2. The van der Waals surface area contributed by atoms with Gasteiger partial charge in [-0.15, -0.1) is 0 Å². The Morgan fingerprint density at radius 3 is 2.33 bits per heavy atom. The zero-order valence-electron chi connectivity index (χ0n) is 9.46. The smallest absolute Gasteiger partial charge is 0.263 e. The van der Waals surface area contributed by atoms with Crippen molar-refractivity contribution < 1.29 is 9.59 Å². The van der Waals surface area contributed by atoms with Gasteiger partial charge in [-0.05, 0) is 30.4 Å². The van der Waals surface area contributed by atoms with Crippen LogP contribution in [0.25, 0.3) is 0 Å². The lowest BCUT2D eigenvalue weighted by molar-refractivity contribution is 0.0829. The lowest BCUT2D eigenvalue weighted by atomic mass is 10.00. The molecule has 1 aromatic carbocycles. The Kier molecular flexibility index (Phi) is 2.16. The molecule has 2 heterocycles. The topological polar surface area (TPSA) is 63.4 Å². The first kappa shape index (κ1) is 10.5. The van der Waals surface area contributed by atoms with Crippen molar-refractivity contribution in [1.82, 2.24) is 4.90 Å². The number of carbonyl (C=O) groups is 2. The highest BCUT2D eigenvalue weighted by Gasteiger charge is 2.31. The molecular formula is C14H10N2O2. The molecule has 2 amide bonds. The Hall–Kier alpha value is -2.62. The summed E-state index contributed by atoms with van der Waals surface area (Å²) in [6.45, 7) is 0. The summed E-state index contributed by atoms with van der Waals surface area (Å²) in [6.07, 6.45) is 7.48. The van der Waals surface area contributed by atoms with E-state index in [-0.39, 0.29) is 11.5 Å². The number of hydrogen-bond donors (Lipinski definition) is 1. The monoisotopic (exact) mass is 238 g/mol. The summed E-state index contributed by atoms with van der Waals surface area (Å²) in [6, 6.07) is 6.57. The number of fused-ring (bicyclic) bond motifs is 2. The average molecular weight is 238 g/mol. The molecular weight excluding hydrogens is 228 g/mol. The van der Waals surface area contributed by atoms with Gasteiger partial charge in [0.15, 0.2) is 0 Å². The third kappa shape index (κ3) is 1.39. The van der Waals surface area contributed by atoms with Gasteiger partial charge in [0.1, 0.15) is 0 Å². The maximum absolute atomic E-state index is 12.4. The van der Waals surface area contributed by atoms with E-state index in [4.69, 9.17) is 5.73 Å². The number of hydrogen-bond acceptors (Lipinski definition) is 2. The van der Waals surface area contributed by atoms with E-state index in [0.717, 1.165) is 11.4 Å². The fraction of sp³-hybridized carbons (Fsp3) is 0. The Labute approximate surface area is 104 Å². The van der Waals surface area contributed by atoms with Gasteiger partial charge in [-0.1, -0.05) is 18.2 Å². The van der Waals surface area contributed by atoms with Crippen LogP contribution in [-0.4, -0.2) is 16.7 Å². The maximum atomic E-state index is 12.4. The molecule has 0 fully saturated rings. The van der Waals surface area contributed by atoms with Crippen molar-refractivity contribution in [3.8, 4) is 0 Å². The number of benzene rings is 1. The molecule has 18 heavy (non-hydrogen) atoms. The number of nitrogens with two attached hydrogens (primary N) is 1. The van der Waals surface area contributed by atoms with Crippen molar-refractivity contribution in [2.24, 2.45) is 5.73 Å². The van der Waals surface area contributed by atoms with Gasteiger partial charge >= 0.3 is 0 Å². The van der Waals surface area contributed by atoms with Gasteiger partial charge in [-0.3, -0.25) is 14.5 Å². The molecule has 0 saturated heterocycles. The molecule has 2 aliphatic heterocycles. The molecule has 2 bridgehead atoms. The van der Waals surface area contributed by atoms with Crippen molar-refractivity contribution >= 4 is 11.8 Å². The molecule has 0 spiro atoms. The number of allylic oxidation sites excluding steroid dienone is 4. The third-order valence-electron chi connectivity index (χ3n) is 2.97. The Balaban J connectivity index is 2.00. The van der Waals surface area contributed by atoms with Crippen molar-refractivity contribution in [2.75, 3.05) is 0 Å². The van der Waals surface area contributed by atoms with Crippen LogP contribution in [0.2, 0.25) is 0 Å². The van der Waals surface area contributed by atoms with Crippen molar-refractivity contribution in [3.05, 3.63) is 71.1 Å². The van der Waals surface area contributed by atoms with E-state index < -0.39 is 5.91 Å². The van der Waals surface area contributed by atoms with Crippen molar-refractivity contribution in [2.45, 2.75) is 0 Å². The summed E-state index contributed by atoms with van der Waals surface area (Å²) in [7, 11) is 0. The van der Waals surface area contributed by atoms with Crippen LogP contribution in [0.15, 0.2) is 60.0 Å².